The van der Waals surface area contributed by atoms with Gasteiger partial charge in [0, 0.05) is 22.3 Å². The van der Waals surface area contributed by atoms with Gasteiger partial charge in [-0.05, 0) is 49.8 Å². The van der Waals surface area contributed by atoms with Gasteiger partial charge in [0.1, 0.15) is 5.75 Å². The number of halogens is 4. The molecule has 1 aliphatic rings. The van der Waals surface area contributed by atoms with Crippen molar-refractivity contribution < 1.29 is 27.0 Å². The SMILES string of the molecule is CCCC1CCC(c2ccc(-c3ccc(-c4ccc(OCC)cc4)c(F)c3F)c(F)c2F)OC1. The predicted octanol–water partition coefficient (Wildman–Crippen LogP) is 8.24. The van der Waals surface area contributed by atoms with E-state index in [4.69, 9.17) is 9.47 Å². The minimum atomic E-state index is -1.23. The van der Waals surface area contributed by atoms with E-state index in [1.807, 2.05) is 6.92 Å². The molecule has 0 saturated carbocycles. The second kappa shape index (κ2) is 10.6. The summed E-state index contributed by atoms with van der Waals surface area (Å²) in [6.07, 6.45) is 3.03. The Morgan fingerprint density at radius 3 is 2.00 bits per heavy atom. The lowest BCUT2D eigenvalue weighted by Gasteiger charge is -2.29. The van der Waals surface area contributed by atoms with E-state index < -0.39 is 29.4 Å². The van der Waals surface area contributed by atoms with E-state index in [-0.39, 0.29) is 22.3 Å². The summed E-state index contributed by atoms with van der Waals surface area (Å²) < 4.78 is 71.1. The van der Waals surface area contributed by atoms with Crippen LogP contribution in [0, 0.1) is 29.2 Å². The van der Waals surface area contributed by atoms with E-state index in [0.29, 0.717) is 36.9 Å². The van der Waals surface area contributed by atoms with Gasteiger partial charge in [0.2, 0.25) is 0 Å². The van der Waals surface area contributed by atoms with Crippen LogP contribution in [0.2, 0.25) is 0 Å². The second-order valence-corrected chi connectivity index (χ2v) is 8.63. The van der Waals surface area contributed by atoms with Crippen LogP contribution in [0.15, 0.2) is 48.5 Å². The molecule has 1 aliphatic heterocycles. The Morgan fingerprint density at radius 1 is 0.765 bits per heavy atom. The molecular formula is C28H28F4O2. The van der Waals surface area contributed by atoms with Gasteiger partial charge in [-0.1, -0.05) is 49.7 Å². The zero-order valence-corrected chi connectivity index (χ0v) is 19.3. The van der Waals surface area contributed by atoms with E-state index >= 15 is 8.78 Å². The molecule has 6 heteroatoms. The molecule has 0 aromatic heterocycles. The lowest BCUT2D eigenvalue weighted by molar-refractivity contribution is -0.0214. The maximum Gasteiger partial charge on any atom is 0.167 e. The fourth-order valence-corrected chi connectivity index (χ4v) is 4.59. The topological polar surface area (TPSA) is 18.5 Å². The average Bonchev–Trinajstić information content (AvgIpc) is 2.85. The number of hydrogen-bond donors (Lipinski definition) is 0. The lowest BCUT2D eigenvalue weighted by atomic mass is 9.90. The minimum Gasteiger partial charge on any atom is -0.494 e. The molecule has 1 fully saturated rings. The molecule has 2 nitrogen and oxygen atoms in total. The van der Waals surface area contributed by atoms with Crippen LogP contribution in [-0.4, -0.2) is 13.2 Å². The van der Waals surface area contributed by atoms with Gasteiger partial charge < -0.3 is 9.47 Å². The zero-order valence-electron chi connectivity index (χ0n) is 19.3. The van der Waals surface area contributed by atoms with Crippen molar-refractivity contribution in [3.63, 3.8) is 0 Å². The van der Waals surface area contributed by atoms with Gasteiger partial charge >= 0.3 is 0 Å². The summed E-state index contributed by atoms with van der Waals surface area (Å²) in [5, 5.41) is 0. The molecule has 1 saturated heterocycles. The Morgan fingerprint density at radius 2 is 1.38 bits per heavy atom. The lowest BCUT2D eigenvalue weighted by Crippen LogP contribution is -2.21. The molecule has 4 rings (SSSR count). The van der Waals surface area contributed by atoms with Crippen LogP contribution >= 0.6 is 0 Å². The summed E-state index contributed by atoms with van der Waals surface area (Å²) in [6, 6.07) is 11.9. The minimum absolute atomic E-state index is 0.0269. The largest absolute Gasteiger partial charge is 0.494 e. The molecule has 180 valence electrons. The maximum absolute atomic E-state index is 15.0. The van der Waals surface area contributed by atoms with E-state index in [0.717, 1.165) is 19.3 Å². The van der Waals surface area contributed by atoms with Crippen molar-refractivity contribution in [3.05, 3.63) is 77.4 Å². The standard InChI is InChI=1S/C28H28F4O2/c1-3-5-17-6-15-24(34-16-17)23-14-13-22(27(31)28(23)32)21-12-11-20(25(29)26(21)30)18-7-9-19(10-8-18)33-4-2/h7-14,17,24H,3-6,15-16H2,1-2H3. The van der Waals surface area contributed by atoms with E-state index in [1.165, 1.54) is 24.3 Å². The second-order valence-electron chi connectivity index (χ2n) is 8.63. The van der Waals surface area contributed by atoms with Gasteiger partial charge in [-0.25, -0.2) is 17.6 Å². The highest BCUT2D eigenvalue weighted by atomic mass is 19.2. The van der Waals surface area contributed by atoms with Gasteiger partial charge in [-0.2, -0.15) is 0 Å². The summed E-state index contributed by atoms with van der Waals surface area (Å²) in [6.45, 7) is 4.95. The molecule has 2 atom stereocenters. The van der Waals surface area contributed by atoms with Crippen molar-refractivity contribution in [1.29, 1.82) is 0 Å². The average molecular weight is 473 g/mol. The number of ether oxygens (including phenoxy) is 2. The van der Waals surface area contributed by atoms with E-state index in [9.17, 15) is 8.78 Å². The molecule has 2 unspecified atom stereocenters. The van der Waals surface area contributed by atoms with Crippen molar-refractivity contribution in [2.75, 3.05) is 13.2 Å². The fourth-order valence-electron chi connectivity index (χ4n) is 4.59. The highest BCUT2D eigenvalue weighted by Crippen LogP contribution is 2.38. The molecule has 0 spiro atoms. The summed E-state index contributed by atoms with van der Waals surface area (Å²) in [5.74, 6) is -3.59. The Hall–Kier alpha value is -2.86. The Balaban J connectivity index is 1.61. The number of rotatable bonds is 7. The smallest absolute Gasteiger partial charge is 0.167 e. The highest BCUT2D eigenvalue weighted by Gasteiger charge is 2.28. The molecule has 0 N–H and O–H groups in total. The zero-order chi connectivity index (χ0) is 24.2. The summed E-state index contributed by atoms with van der Waals surface area (Å²) >= 11 is 0. The van der Waals surface area contributed by atoms with Crippen molar-refractivity contribution >= 4 is 0 Å². The van der Waals surface area contributed by atoms with Crippen LogP contribution in [0.25, 0.3) is 22.3 Å². The van der Waals surface area contributed by atoms with Crippen LogP contribution < -0.4 is 4.74 Å². The van der Waals surface area contributed by atoms with Gasteiger partial charge in [-0.3, -0.25) is 0 Å². The highest BCUT2D eigenvalue weighted by molar-refractivity contribution is 5.72. The monoisotopic (exact) mass is 472 g/mol. The van der Waals surface area contributed by atoms with Crippen molar-refractivity contribution in [2.24, 2.45) is 5.92 Å². The molecule has 0 aliphatic carbocycles. The third kappa shape index (κ3) is 4.83. The fraction of sp³-hybridized carbons (Fsp3) is 0.357. The van der Waals surface area contributed by atoms with Crippen LogP contribution in [0.3, 0.4) is 0 Å². The van der Waals surface area contributed by atoms with Gasteiger partial charge in [0.25, 0.3) is 0 Å². The first-order valence-electron chi connectivity index (χ1n) is 11.8. The first kappa shape index (κ1) is 24.3. The van der Waals surface area contributed by atoms with Crippen molar-refractivity contribution in [2.45, 2.75) is 45.6 Å². The summed E-state index contributed by atoms with van der Waals surface area (Å²) in [7, 11) is 0. The van der Waals surface area contributed by atoms with Crippen LogP contribution in [0.5, 0.6) is 5.75 Å². The van der Waals surface area contributed by atoms with Crippen LogP contribution in [0.1, 0.15) is 51.2 Å². The first-order valence-corrected chi connectivity index (χ1v) is 11.8. The first-order chi connectivity index (χ1) is 16.4. The molecule has 3 aromatic rings. The maximum atomic E-state index is 15.0. The van der Waals surface area contributed by atoms with Gasteiger partial charge in [0.15, 0.2) is 23.3 Å². The number of hydrogen-bond acceptors (Lipinski definition) is 2. The van der Waals surface area contributed by atoms with Gasteiger partial charge in [0.05, 0.1) is 19.3 Å². The van der Waals surface area contributed by atoms with Crippen molar-refractivity contribution in [1.82, 2.24) is 0 Å². The predicted molar refractivity (Wildman–Crippen MR) is 125 cm³/mol. The summed E-state index contributed by atoms with van der Waals surface area (Å²) in [4.78, 5) is 0. The Bertz CT molecular complexity index is 1140. The normalized spacial score (nSPS) is 18.2. The number of benzene rings is 3. The Kier molecular flexibility index (Phi) is 7.57. The van der Waals surface area contributed by atoms with Crippen LogP contribution in [-0.2, 0) is 4.74 Å². The van der Waals surface area contributed by atoms with E-state index in [2.05, 4.69) is 6.92 Å². The third-order valence-corrected chi connectivity index (χ3v) is 6.38. The molecule has 3 aromatic carbocycles. The van der Waals surface area contributed by atoms with Gasteiger partial charge in [-0.15, -0.1) is 0 Å². The molecular weight excluding hydrogens is 444 g/mol. The Labute approximate surface area is 197 Å². The molecule has 0 bridgehead atoms. The molecule has 0 amide bonds. The quantitative estimate of drug-likeness (QED) is 0.322. The molecule has 1 heterocycles. The van der Waals surface area contributed by atoms with E-state index in [1.54, 1.807) is 24.3 Å². The van der Waals surface area contributed by atoms with Crippen molar-refractivity contribution in [3.8, 4) is 28.0 Å². The third-order valence-electron chi connectivity index (χ3n) is 6.38. The van der Waals surface area contributed by atoms with Crippen LogP contribution in [0.4, 0.5) is 17.6 Å². The molecule has 0 radical (unpaired) electrons. The molecule has 34 heavy (non-hydrogen) atoms. The summed E-state index contributed by atoms with van der Waals surface area (Å²) in [5.41, 5.74) is -0.0652.